The second-order valence-electron chi connectivity index (χ2n) is 8.86. The van der Waals surface area contributed by atoms with Crippen molar-refractivity contribution < 1.29 is 14.9 Å². The molecule has 0 bridgehead atoms. The smallest absolute Gasteiger partial charge is 0.0857 e. The fourth-order valence-electron chi connectivity index (χ4n) is 5.20. The maximum atomic E-state index is 10.3. The van der Waals surface area contributed by atoms with Gasteiger partial charge in [-0.2, -0.15) is 0 Å². The number of benzene rings is 2. The molecule has 0 aromatic heterocycles. The molecule has 1 aliphatic heterocycles. The number of rotatable bonds is 6. The molecule has 0 radical (unpaired) electrons. The lowest BCUT2D eigenvalue weighted by atomic mass is 9.86. The van der Waals surface area contributed by atoms with Gasteiger partial charge in [0.2, 0.25) is 0 Å². The SMILES string of the molecule is CCCc1ccc(Cc2cc([C@H]3C[C@@H](O)C[C@@H](CO)O3)c(C)c3c2CCC3)cc1. The van der Waals surface area contributed by atoms with Crippen molar-refractivity contribution in [3.8, 4) is 0 Å². The molecule has 2 aliphatic rings. The van der Waals surface area contributed by atoms with Crippen molar-refractivity contribution in [2.45, 2.75) is 83.5 Å². The molecule has 0 amide bonds. The minimum atomic E-state index is -0.409. The van der Waals surface area contributed by atoms with Crippen LogP contribution in [0.5, 0.6) is 0 Å². The summed E-state index contributed by atoms with van der Waals surface area (Å²) in [5.41, 5.74) is 9.72. The van der Waals surface area contributed by atoms with Crippen molar-refractivity contribution in [1.29, 1.82) is 0 Å². The summed E-state index contributed by atoms with van der Waals surface area (Å²) in [5.74, 6) is 0. The summed E-state index contributed by atoms with van der Waals surface area (Å²) in [6, 6.07) is 11.4. The molecule has 1 fully saturated rings. The van der Waals surface area contributed by atoms with Crippen LogP contribution in [0.4, 0.5) is 0 Å². The number of ether oxygens (including phenoxy) is 1. The molecule has 2 aromatic rings. The van der Waals surface area contributed by atoms with Crippen LogP contribution in [-0.4, -0.2) is 29.0 Å². The minimum Gasteiger partial charge on any atom is -0.394 e. The van der Waals surface area contributed by atoms with Crippen LogP contribution in [0.3, 0.4) is 0 Å². The van der Waals surface area contributed by atoms with Crippen LogP contribution in [0.2, 0.25) is 0 Å². The molecule has 2 N–H and O–H groups in total. The highest BCUT2D eigenvalue weighted by Gasteiger charge is 2.31. The quantitative estimate of drug-likeness (QED) is 0.753. The van der Waals surface area contributed by atoms with E-state index >= 15 is 0 Å². The predicted molar refractivity (Wildman–Crippen MR) is 116 cm³/mol. The number of aliphatic hydroxyl groups excluding tert-OH is 2. The third-order valence-electron chi connectivity index (χ3n) is 6.71. The Morgan fingerprint density at radius 3 is 2.48 bits per heavy atom. The number of aryl methyl sites for hydroxylation is 1. The van der Waals surface area contributed by atoms with Gasteiger partial charge < -0.3 is 14.9 Å². The van der Waals surface area contributed by atoms with E-state index in [1.165, 1.54) is 51.8 Å². The lowest BCUT2D eigenvalue weighted by Crippen LogP contribution is -2.34. The van der Waals surface area contributed by atoms with Gasteiger partial charge in [0.15, 0.2) is 0 Å². The first-order valence-corrected chi connectivity index (χ1v) is 11.2. The summed E-state index contributed by atoms with van der Waals surface area (Å²) in [7, 11) is 0. The summed E-state index contributed by atoms with van der Waals surface area (Å²) in [4.78, 5) is 0. The Hall–Kier alpha value is -1.68. The van der Waals surface area contributed by atoms with Crippen LogP contribution < -0.4 is 0 Å². The molecular weight excluding hydrogens is 360 g/mol. The zero-order valence-corrected chi connectivity index (χ0v) is 17.8. The monoisotopic (exact) mass is 394 g/mol. The van der Waals surface area contributed by atoms with Gasteiger partial charge in [0.05, 0.1) is 24.9 Å². The maximum Gasteiger partial charge on any atom is 0.0857 e. The topological polar surface area (TPSA) is 49.7 Å². The summed E-state index contributed by atoms with van der Waals surface area (Å²) in [6.07, 6.45) is 7.09. The number of hydrogen-bond acceptors (Lipinski definition) is 3. The van der Waals surface area contributed by atoms with E-state index in [0.717, 1.165) is 25.7 Å². The summed E-state index contributed by atoms with van der Waals surface area (Å²) < 4.78 is 6.17. The van der Waals surface area contributed by atoms with Gasteiger partial charge in [-0.05, 0) is 78.0 Å². The van der Waals surface area contributed by atoms with Crippen LogP contribution in [0.1, 0.15) is 77.7 Å². The second kappa shape index (κ2) is 8.99. The lowest BCUT2D eigenvalue weighted by Gasteiger charge is -2.34. The second-order valence-corrected chi connectivity index (χ2v) is 8.86. The maximum absolute atomic E-state index is 10.3. The van der Waals surface area contributed by atoms with Gasteiger partial charge in [0.25, 0.3) is 0 Å². The highest BCUT2D eigenvalue weighted by atomic mass is 16.5. The Morgan fingerprint density at radius 2 is 1.76 bits per heavy atom. The summed E-state index contributed by atoms with van der Waals surface area (Å²) >= 11 is 0. The Labute approximate surface area is 174 Å². The average Bonchev–Trinajstić information content (AvgIpc) is 3.22. The summed E-state index contributed by atoms with van der Waals surface area (Å²) in [5, 5.41) is 19.9. The van der Waals surface area contributed by atoms with E-state index in [2.05, 4.69) is 44.2 Å². The molecule has 2 aromatic carbocycles. The minimum absolute atomic E-state index is 0.0332. The van der Waals surface area contributed by atoms with Crippen molar-refractivity contribution >= 4 is 0 Å². The van der Waals surface area contributed by atoms with Crippen LogP contribution in [0, 0.1) is 6.92 Å². The Balaban J connectivity index is 1.65. The van der Waals surface area contributed by atoms with Gasteiger partial charge in [-0.25, -0.2) is 0 Å². The van der Waals surface area contributed by atoms with E-state index in [1.807, 2.05) is 0 Å². The molecule has 3 nitrogen and oxygen atoms in total. The molecule has 0 saturated carbocycles. The molecule has 3 heteroatoms. The van der Waals surface area contributed by atoms with Crippen LogP contribution in [0.15, 0.2) is 30.3 Å². The molecule has 156 valence electrons. The molecule has 3 atom stereocenters. The van der Waals surface area contributed by atoms with Gasteiger partial charge in [0.1, 0.15) is 0 Å². The fourth-order valence-corrected chi connectivity index (χ4v) is 5.20. The normalized spacial score (nSPS) is 23.9. The van der Waals surface area contributed by atoms with Crippen molar-refractivity contribution in [3.63, 3.8) is 0 Å². The molecule has 1 heterocycles. The Morgan fingerprint density at radius 1 is 1.03 bits per heavy atom. The number of hydrogen-bond donors (Lipinski definition) is 2. The van der Waals surface area contributed by atoms with Crippen molar-refractivity contribution in [1.82, 2.24) is 0 Å². The standard InChI is InChI=1S/C26H34O3/c1-3-5-18-8-10-19(11-9-18)12-20-13-25(17(2)23-6-4-7-24(20)23)26-15-21(28)14-22(16-27)29-26/h8-11,13,21-22,26-28H,3-7,12,14-16H2,1-2H3/t21-,22-,26+/m0/s1. The Kier molecular flexibility index (Phi) is 6.38. The Bertz CT molecular complexity index is 840. The van der Waals surface area contributed by atoms with E-state index in [-0.39, 0.29) is 18.8 Å². The van der Waals surface area contributed by atoms with Gasteiger partial charge in [-0.1, -0.05) is 43.7 Å². The molecule has 0 spiro atoms. The molecule has 1 saturated heterocycles. The fraction of sp³-hybridized carbons (Fsp3) is 0.538. The lowest BCUT2D eigenvalue weighted by molar-refractivity contribution is -0.114. The van der Waals surface area contributed by atoms with E-state index in [4.69, 9.17) is 4.74 Å². The average molecular weight is 395 g/mol. The first-order valence-electron chi connectivity index (χ1n) is 11.2. The highest BCUT2D eigenvalue weighted by molar-refractivity contribution is 5.50. The zero-order valence-electron chi connectivity index (χ0n) is 17.8. The van der Waals surface area contributed by atoms with E-state index in [9.17, 15) is 10.2 Å². The van der Waals surface area contributed by atoms with E-state index in [1.54, 1.807) is 0 Å². The molecule has 0 unspecified atom stereocenters. The van der Waals surface area contributed by atoms with Gasteiger partial charge in [-0.15, -0.1) is 0 Å². The van der Waals surface area contributed by atoms with Crippen LogP contribution >= 0.6 is 0 Å². The first-order chi connectivity index (χ1) is 14.1. The van der Waals surface area contributed by atoms with Gasteiger partial charge in [0, 0.05) is 12.8 Å². The number of aliphatic hydroxyl groups is 2. The molecular formula is C26H34O3. The van der Waals surface area contributed by atoms with Gasteiger partial charge in [-0.3, -0.25) is 0 Å². The largest absolute Gasteiger partial charge is 0.394 e. The third kappa shape index (κ3) is 4.42. The van der Waals surface area contributed by atoms with E-state index in [0.29, 0.717) is 12.8 Å². The molecule has 1 aliphatic carbocycles. The van der Waals surface area contributed by atoms with Crippen molar-refractivity contribution in [2.24, 2.45) is 0 Å². The first kappa shape index (κ1) is 20.6. The van der Waals surface area contributed by atoms with Crippen molar-refractivity contribution in [2.75, 3.05) is 6.61 Å². The predicted octanol–water partition coefficient (Wildman–Crippen LogP) is 4.60. The van der Waals surface area contributed by atoms with Crippen LogP contribution in [-0.2, 0) is 30.4 Å². The third-order valence-corrected chi connectivity index (χ3v) is 6.71. The molecule has 4 rings (SSSR count). The van der Waals surface area contributed by atoms with Gasteiger partial charge >= 0.3 is 0 Å². The summed E-state index contributed by atoms with van der Waals surface area (Å²) in [6.45, 7) is 4.40. The van der Waals surface area contributed by atoms with Crippen molar-refractivity contribution in [3.05, 3.63) is 69.3 Å². The van der Waals surface area contributed by atoms with E-state index < -0.39 is 6.10 Å². The zero-order chi connectivity index (χ0) is 20.4. The van der Waals surface area contributed by atoms with Crippen LogP contribution in [0.25, 0.3) is 0 Å². The highest BCUT2D eigenvalue weighted by Crippen LogP contribution is 2.39. The molecule has 29 heavy (non-hydrogen) atoms. The number of fused-ring (bicyclic) bond motifs is 1.